The van der Waals surface area contributed by atoms with Gasteiger partial charge in [0.15, 0.2) is 0 Å². The second kappa shape index (κ2) is 13.8. The number of hydrogen-bond donors (Lipinski definition) is 7. The highest BCUT2D eigenvalue weighted by Gasteiger charge is 2.32. The highest BCUT2D eigenvalue weighted by molar-refractivity contribution is 7.98. The Balaban J connectivity index is 5.38. The maximum absolute atomic E-state index is 12.6. The lowest BCUT2D eigenvalue weighted by molar-refractivity contribution is -0.143. The SMILES string of the molecule is CSCCC(NC(=O)C(CC(=O)O)NC(=O)C(NC(=O)C(N)CO)C(C)C)C(=O)O. The van der Waals surface area contributed by atoms with Crippen molar-refractivity contribution in [3.8, 4) is 0 Å². The summed E-state index contributed by atoms with van der Waals surface area (Å²) < 4.78 is 0. The minimum atomic E-state index is -1.56. The predicted molar refractivity (Wildman–Crippen MR) is 109 cm³/mol. The molecule has 8 N–H and O–H groups in total. The molecule has 12 nitrogen and oxygen atoms in total. The largest absolute Gasteiger partial charge is 0.481 e. The molecule has 3 amide bonds. The number of nitrogens with one attached hydrogen (secondary N) is 3. The average molecular weight is 451 g/mol. The van der Waals surface area contributed by atoms with Crippen LogP contribution in [0.1, 0.15) is 26.7 Å². The number of aliphatic hydroxyl groups is 1. The molecule has 0 fully saturated rings. The van der Waals surface area contributed by atoms with Gasteiger partial charge in [0, 0.05) is 0 Å². The van der Waals surface area contributed by atoms with E-state index in [1.165, 1.54) is 11.8 Å². The Kier molecular flexibility index (Phi) is 12.7. The number of hydrogen-bond acceptors (Lipinski definition) is 8. The van der Waals surface area contributed by atoms with Crippen molar-refractivity contribution in [1.82, 2.24) is 16.0 Å². The number of amides is 3. The maximum Gasteiger partial charge on any atom is 0.326 e. The van der Waals surface area contributed by atoms with Gasteiger partial charge in [0.05, 0.1) is 13.0 Å². The maximum atomic E-state index is 12.6. The number of carboxylic acid groups (broad SMARTS) is 2. The van der Waals surface area contributed by atoms with Crippen LogP contribution in [0.3, 0.4) is 0 Å². The molecule has 13 heteroatoms. The number of carbonyl (C=O) groups is 5. The van der Waals surface area contributed by atoms with E-state index in [-0.39, 0.29) is 6.42 Å². The van der Waals surface area contributed by atoms with Crippen LogP contribution in [-0.4, -0.2) is 87.8 Å². The van der Waals surface area contributed by atoms with Gasteiger partial charge < -0.3 is 37.0 Å². The highest BCUT2D eigenvalue weighted by atomic mass is 32.2. The Morgan fingerprint density at radius 3 is 1.93 bits per heavy atom. The molecule has 0 spiro atoms. The molecular weight excluding hydrogens is 420 g/mol. The van der Waals surface area contributed by atoms with E-state index in [0.717, 1.165) is 0 Å². The average Bonchev–Trinajstić information content (AvgIpc) is 2.66. The van der Waals surface area contributed by atoms with Crippen molar-refractivity contribution in [3.63, 3.8) is 0 Å². The van der Waals surface area contributed by atoms with E-state index in [2.05, 4.69) is 16.0 Å². The number of thioether (sulfide) groups is 1. The molecule has 30 heavy (non-hydrogen) atoms. The Bertz CT molecular complexity index is 631. The second-order valence-corrected chi connectivity index (χ2v) is 7.84. The van der Waals surface area contributed by atoms with Crippen molar-refractivity contribution >= 4 is 41.4 Å². The van der Waals surface area contributed by atoms with Gasteiger partial charge in [0.25, 0.3) is 0 Å². The number of aliphatic hydroxyl groups excluding tert-OH is 1. The minimum Gasteiger partial charge on any atom is -0.481 e. The molecule has 0 bridgehead atoms. The zero-order valence-electron chi connectivity index (χ0n) is 17.1. The van der Waals surface area contributed by atoms with Gasteiger partial charge in [-0.2, -0.15) is 11.8 Å². The van der Waals surface area contributed by atoms with Gasteiger partial charge in [-0.25, -0.2) is 4.79 Å². The zero-order valence-corrected chi connectivity index (χ0v) is 17.9. The van der Waals surface area contributed by atoms with Gasteiger partial charge in [0.1, 0.15) is 24.2 Å². The molecule has 0 saturated heterocycles. The standard InChI is InChI=1S/C17H30N4O8S/c1-8(2)13(21-14(25)9(18)7-22)16(27)20-11(6-12(23)24)15(26)19-10(17(28)29)4-5-30-3/h8-11,13,22H,4-7,18H2,1-3H3,(H,19,26)(H,20,27)(H,21,25)(H,23,24)(H,28,29). The number of carboxylic acids is 2. The topological polar surface area (TPSA) is 208 Å². The molecule has 172 valence electrons. The fourth-order valence-electron chi connectivity index (χ4n) is 2.29. The van der Waals surface area contributed by atoms with Gasteiger partial charge in [-0.15, -0.1) is 0 Å². The third kappa shape index (κ3) is 9.89. The lowest BCUT2D eigenvalue weighted by Gasteiger charge is -2.26. The number of aliphatic carboxylic acids is 2. The molecule has 0 radical (unpaired) electrons. The van der Waals surface area contributed by atoms with Crippen LogP contribution in [0.5, 0.6) is 0 Å². The molecule has 0 aromatic carbocycles. The van der Waals surface area contributed by atoms with Crippen LogP contribution in [0, 0.1) is 5.92 Å². The van der Waals surface area contributed by atoms with Gasteiger partial charge in [-0.05, 0) is 24.3 Å². The quantitative estimate of drug-likeness (QED) is 0.151. The fourth-order valence-corrected chi connectivity index (χ4v) is 2.76. The van der Waals surface area contributed by atoms with E-state index in [1.54, 1.807) is 20.1 Å². The molecule has 0 rings (SSSR count). The van der Waals surface area contributed by atoms with Crippen LogP contribution >= 0.6 is 11.8 Å². The monoisotopic (exact) mass is 450 g/mol. The highest BCUT2D eigenvalue weighted by Crippen LogP contribution is 2.06. The summed E-state index contributed by atoms with van der Waals surface area (Å²) >= 11 is 1.37. The lowest BCUT2D eigenvalue weighted by Crippen LogP contribution is -2.59. The Morgan fingerprint density at radius 2 is 1.50 bits per heavy atom. The summed E-state index contributed by atoms with van der Waals surface area (Å²) in [5.41, 5.74) is 5.41. The third-order valence-corrected chi connectivity index (χ3v) is 4.66. The summed E-state index contributed by atoms with van der Waals surface area (Å²) in [7, 11) is 0. The Morgan fingerprint density at radius 1 is 0.933 bits per heavy atom. The second-order valence-electron chi connectivity index (χ2n) is 6.86. The normalized spacial score (nSPS) is 14.9. The van der Waals surface area contributed by atoms with Crippen molar-refractivity contribution in [1.29, 1.82) is 0 Å². The van der Waals surface area contributed by atoms with E-state index in [4.69, 9.17) is 15.9 Å². The summed E-state index contributed by atoms with van der Waals surface area (Å²) in [4.78, 5) is 59.4. The van der Waals surface area contributed by atoms with E-state index in [9.17, 15) is 29.1 Å². The van der Waals surface area contributed by atoms with Crippen LogP contribution in [0.4, 0.5) is 0 Å². The minimum absolute atomic E-state index is 0.111. The molecule has 0 aromatic heterocycles. The predicted octanol–water partition coefficient (Wildman–Crippen LogP) is -2.27. The lowest BCUT2D eigenvalue weighted by atomic mass is 10.0. The first-order valence-corrected chi connectivity index (χ1v) is 10.5. The van der Waals surface area contributed by atoms with Gasteiger partial charge >= 0.3 is 11.9 Å². The van der Waals surface area contributed by atoms with E-state index >= 15 is 0 Å². The van der Waals surface area contributed by atoms with Gasteiger partial charge in [-0.1, -0.05) is 13.8 Å². The van der Waals surface area contributed by atoms with Crippen molar-refractivity contribution in [2.24, 2.45) is 11.7 Å². The van der Waals surface area contributed by atoms with E-state index in [1.807, 2.05) is 0 Å². The molecule has 0 aliphatic carbocycles. The Labute approximate surface area is 178 Å². The fraction of sp³-hybridized carbons (Fsp3) is 0.706. The van der Waals surface area contributed by atoms with Crippen molar-refractivity contribution in [2.45, 2.75) is 50.9 Å². The number of rotatable bonds is 14. The van der Waals surface area contributed by atoms with Gasteiger partial charge in [0.2, 0.25) is 17.7 Å². The zero-order chi connectivity index (χ0) is 23.4. The summed E-state index contributed by atoms with van der Waals surface area (Å²) in [6.07, 6.45) is 1.08. The molecule has 0 aliphatic heterocycles. The molecule has 0 saturated carbocycles. The molecule has 4 atom stereocenters. The van der Waals surface area contributed by atoms with Crippen LogP contribution in [0.25, 0.3) is 0 Å². The molecule has 0 heterocycles. The molecular formula is C17H30N4O8S. The van der Waals surface area contributed by atoms with Gasteiger partial charge in [-0.3, -0.25) is 19.2 Å². The van der Waals surface area contributed by atoms with Crippen LogP contribution in [-0.2, 0) is 24.0 Å². The first-order valence-electron chi connectivity index (χ1n) is 9.15. The third-order valence-electron chi connectivity index (χ3n) is 4.02. The first-order chi connectivity index (χ1) is 13.9. The summed E-state index contributed by atoms with van der Waals surface area (Å²) in [6, 6.07) is -5.23. The summed E-state index contributed by atoms with van der Waals surface area (Å²) in [5.74, 6) is -5.31. The van der Waals surface area contributed by atoms with Crippen molar-refractivity contribution < 1.29 is 39.3 Å². The van der Waals surface area contributed by atoms with E-state index in [0.29, 0.717) is 5.75 Å². The van der Waals surface area contributed by atoms with Crippen molar-refractivity contribution in [2.75, 3.05) is 18.6 Å². The van der Waals surface area contributed by atoms with Crippen molar-refractivity contribution in [3.05, 3.63) is 0 Å². The Hall–Kier alpha value is -2.38. The molecule has 0 aliphatic rings. The molecule has 0 aromatic rings. The number of carbonyl (C=O) groups excluding carboxylic acids is 3. The first kappa shape index (κ1) is 27.6. The summed E-state index contributed by atoms with van der Waals surface area (Å²) in [6.45, 7) is 2.56. The summed E-state index contributed by atoms with van der Waals surface area (Å²) in [5, 5.41) is 34.0. The smallest absolute Gasteiger partial charge is 0.326 e. The van der Waals surface area contributed by atoms with Crippen LogP contribution in [0.2, 0.25) is 0 Å². The van der Waals surface area contributed by atoms with Crippen LogP contribution in [0.15, 0.2) is 0 Å². The number of nitrogens with two attached hydrogens (primary N) is 1. The molecule has 4 unspecified atom stereocenters. The van der Waals surface area contributed by atoms with E-state index < -0.39 is 72.8 Å². The van der Waals surface area contributed by atoms with Crippen LogP contribution < -0.4 is 21.7 Å².